The van der Waals surface area contributed by atoms with Crippen LogP contribution in [0.2, 0.25) is 77.6 Å². The summed E-state index contributed by atoms with van der Waals surface area (Å²) < 4.78 is 141. The fraction of sp³-hybridized carbons (Fsp3) is 1.00. The van der Waals surface area contributed by atoms with Crippen LogP contribution in [0.25, 0.3) is 0 Å². The Morgan fingerprint density at radius 1 is 0.150 bits per heavy atom. The van der Waals surface area contributed by atoms with Gasteiger partial charge in [-0.05, 0) is 241 Å². The Kier molecular flexibility index (Phi) is 46.8. The summed E-state index contributed by atoms with van der Waals surface area (Å²) in [5.41, 5.74) is -4.08. The predicted molar refractivity (Wildman–Crippen MR) is 541 cm³/mol. The molecule has 0 aromatic carbocycles. The minimum Gasteiger partial charge on any atom is -0.852 e. The molecule has 28 nitrogen and oxygen atoms in total. The molecule has 6 saturated heterocycles. The van der Waals surface area contributed by atoms with Crippen LogP contribution in [0.1, 0.15) is 505 Å². The minimum atomic E-state index is -4.68. The molecule has 14 aliphatic carbocycles. The smallest absolute Gasteiger partial charge is 0.852 e. The Morgan fingerprint density at radius 2 is 0.214 bits per heavy atom. The average Bonchev–Trinajstić information content (AvgIpc) is 0.690. The summed E-state index contributed by atoms with van der Waals surface area (Å²) >= 11 is 0. The van der Waals surface area contributed by atoms with Gasteiger partial charge in [-0.3, -0.25) is 0 Å². The van der Waals surface area contributed by atoms with Crippen molar-refractivity contribution in [2.75, 3.05) is 0 Å². The molecule has 14 saturated carbocycles. The number of aliphatic hydroxyl groups is 2. The van der Waals surface area contributed by atoms with E-state index in [9.17, 15) is 10.2 Å². The normalized spacial score (nSPS) is 40.8. The van der Waals surface area contributed by atoms with E-state index in [4.69, 9.17) is 84.3 Å². The zero-order valence-corrected chi connectivity index (χ0v) is 109. The summed E-state index contributed by atoms with van der Waals surface area (Å²) in [5.74, 6) is 0. The van der Waals surface area contributed by atoms with Crippen molar-refractivity contribution in [2.45, 2.75) is 607 Å². The first-order chi connectivity index (χ1) is 66.1. The fourth-order valence-corrected chi connectivity index (χ4v) is 112. The first-order valence-electron chi connectivity index (χ1n) is 57.7. The number of rotatable bonds is 14. The van der Waals surface area contributed by atoms with Crippen molar-refractivity contribution in [1.29, 1.82) is 0 Å². The number of aliphatic hydroxyl groups excluding tert-OH is 2. The van der Waals surface area contributed by atoms with Crippen molar-refractivity contribution in [1.82, 2.24) is 0 Å². The summed E-state index contributed by atoms with van der Waals surface area (Å²) in [5, 5.41) is 35.2. The molecule has 20 aliphatic rings. The zero-order valence-electron chi connectivity index (χ0n) is 87.4. The quantitative estimate of drug-likeness (QED) is 0.153. The van der Waals surface area contributed by atoms with Gasteiger partial charge in [0.2, 0.25) is 52.8 Å². The fourth-order valence-electron chi connectivity index (χ4n) is 27.6. The third-order valence-electron chi connectivity index (χ3n) is 34.6. The third kappa shape index (κ3) is 29.6. The van der Waals surface area contributed by atoms with Gasteiger partial charge in [0, 0.05) is 56.5 Å². The first kappa shape index (κ1) is 121. The molecule has 6 heterocycles. The van der Waals surface area contributed by atoms with Gasteiger partial charge < -0.3 is 123 Å². The molecular formula is C96H184Hf2O28Si14. The zero-order chi connectivity index (χ0) is 97.6. The van der Waals surface area contributed by atoms with Crippen LogP contribution in [0.5, 0.6) is 0 Å². The van der Waals surface area contributed by atoms with Gasteiger partial charge in [-0.15, -0.1) is 12.2 Å². The van der Waals surface area contributed by atoms with E-state index in [1.165, 1.54) is 0 Å². The SMILES string of the molecule is CC(C)O.CC(C)O.CC(C)[O-].CC(C)[O-].[Hf+4].[Hf+4].[O-][Si]1(C2CCCCC2)O[Si]2(C3CCCCC3)O[Si]([O-])(C3CCCCC3)O[Si]3(C4CCCCC4)O[Si]([O-])(C4CCCCC4)O[Si](C4CCCCC4)(O1)O[Si](C1CCCCC1)(O2)O3.[O-][Si]1(C2CCCCC2)O[Si]2(C3CCCCC3)O[Si]([O-])(C3CCCCC3)O[Si]3(C4CCCCC4)O[Si]([O-])(C4CCCCC4)O[Si](C4CCCCC4)(O1)O[Si](C1CCCCC1)(O2)O3. The maximum absolute atomic E-state index is 16.9. The van der Waals surface area contributed by atoms with Gasteiger partial charge in [0.15, 0.2) is 0 Å². The maximum Gasteiger partial charge on any atom is 4.00 e. The number of hydrogen-bond acceptors (Lipinski definition) is 28. The second kappa shape index (κ2) is 54.3. The Morgan fingerprint density at radius 3 is 0.293 bits per heavy atom. The van der Waals surface area contributed by atoms with Gasteiger partial charge in [0.25, 0.3) is 0 Å². The van der Waals surface area contributed by atoms with Crippen LogP contribution in [-0.2, 0) is 126 Å². The van der Waals surface area contributed by atoms with E-state index >= 15 is 28.8 Å². The van der Waals surface area contributed by atoms with E-state index in [2.05, 4.69) is 0 Å². The van der Waals surface area contributed by atoms with Gasteiger partial charge in [0.1, 0.15) is 0 Å². The van der Waals surface area contributed by atoms with Crippen molar-refractivity contribution in [2.24, 2.45) is 0 Å². The van der Waals surface area contributed by atoms with E-state index in [1.54, 1.807) is 55.4 Å². The molecule has 8 bridgehead atoms. The van der Waals surface area contributed by atoms with Crippen molar-refractivity contribution in [3.8, 4) is 0 Å². The van der Waals surface area contributed by atoms with Crippen LogP contribution in [0.3, 0.4) is 0 Å². The topological polar surface area (TPSA) is 391 Å². The predicted octanol–water partition coefficient (Wildman–Crippen LogP) is 18.6. The van der Waals surface area contributed by atoms with Gasteiger partial charge in [0.05, 0.1) is 0 Å². The summed E-state index contributed by atoms with van der Waals surface area (Å²) in [6.07, 6.45) is 61.5. The number of fused-ring (bicyclic) bond motifs is 6. The van der Waals surface area contributed by atoms with Gasteiger partial charge in [-0.2, -0.15) is 0 Å². The summed E-state index contributed by atoms with van der Waals surface area (Å²) in [7, 11) is -62.6. The first-order valence-corrected chi connectivity index (χ1v) is 82.9. The molecule has 0 spiro atoms. The minimum absolute atomic E-state index is 0. The average molecular weight is 2540 g/mol. The van der Waals surface area contributed by atoms with Crippen LogP contribution in [-0.4, -0.2) is 158 Å². The maximum atomic E-state index is 16.9. The van der Waals surface area contributed by atoms with Crippen LogP contribution >= 0.6 is 0 Å². The van der Waals surface area contributed by atoms with Crippen LogP contribution < -0.4 is 39.0 Å². The molecular weight excluding hydrogens is 2350 g/mol. The molecule has 2 N–H and O–H groups in total. The Hall–Kier alpha value is 3.66. The molecule has 20 fully saturated rings. The molecule has 0 unspecified atom stereocenters. The standard InChI is InChI=1S/2C42H77O12Si7.2C3H8O.2C3H7O.2Hf/c2*43-55(36-22-8-1-9-23-36)46-58(39-28-14-4-15-29-39)48-56(44,37-24-10-2-11-25-37)50-60(41-32-18-6-19-33-41)51-57(45,38-26-12-3-13-27-38)49-59(47-55,40-30-16-5-17-31-40)53-61(52-58,54-60)42-34-20-7-21-35-42;4*1-3(2)4;;/h2*36-42H,1-35H2;2*3-4H,1-2H3;2*3H,1-2H3;;/q2*-3;;;2*-1;2*+4. The third-order valence-corrected chi connectivity index (χ3v) is 97.6. The molecule has 0 aromatic heterocycles. The summed E-state index contributed by atoms with van der Waals surface area (Å²) in [4.78, 5) is 101. The van der Waals surface area contributed by atoms with Gasteiger partial charge in [-0.25, -0.2) is 0 Å². The van der Waals surface area contributed by atoms with Crippen LogP contribution in [0.15, 0.2) is 0 Å². The van der Waals surface area contributed by atoms with E-state index in [1.807, 2.05) is 0 Å². The molecule has 0 aromatic rings. The van der Waals surface area contributed by atoms with Crippen LogP contribution in [0.4, 0.5) is 0 Å². The van der Waals surface area contributed by atoms with Crippen molar-refractivity contribution >= 4 is 123 Å². The summed E-state index contributed by atoms with van der Waals surface area (Å²) in [6, 6.07) is 0. The largest absolute Gasteiger partial charge is 4.00 e. The molecule has 20 rings (SSSR count). The Bertz CT molecular complexity index is 3000. The van der Waals surface area contributed by atoms with Crippen LogP contribution in [0, 0.1) is 0 Å². The van der Waals surface area contributed by atoms with Crippen molar-refractivity contribution < 1.29 is 175 Å². The molecule has 0 radical (unpaired) electrons. The second-order valence-corrected chi connectivity index (χ2v) is 90.3. The van der Waals surface area contributed by atoms with E-state index in [0.717, 1.165) is 372 Å². The Labute approximate surface area is 897 Å². The van der Waals surface area contributed by atoms with Crippen molar-refractivity contribution in [3.05, 3.63) is 0 Å². The van der Waals surface area contributed by atoms with Gasteiger partial charge >= 0.3 is 122 Å². The molecule has 6 aliphatic heterocycles. The summed E-state index contributed by atoms with van der Waals surface area (Å²) in [6.45, 7) is 13.3. The van der Waals surface area contributed by atoms with E-state index < -0.39 is 169 Å². The Balaban J connectivity index is 0.000000202. The molecule has 0 amide bonds. The second-order valence-electron chi connectivity index (χ2n) is 47.3. The monoisotopic (exact) mass is 2540 g/mol. The molecule has 140 heavy (non-hydrogen) atoms. The van der Waals surface area contributed by atoms with Gasteiger partial charge in [-0.1, -0.05) is 297 Å². The number of hydrogen-bond donors (Lipinski definition) is 2. The molecule has 0 atom stereocenters. The van der Waals surface area contributed by atoms with E-state index in [-0.39, 0.29) is 108 Å². The van der Waals surface area contributed by atoms with E-state index in [0.29, 0.717) is 77.0 Å². The molecule has 44 heteroatoms. The molecule has 800 valence electrons. The van der Waals surface area contributed by atoms with Crippen molar-refractivity contribution in [3.63, 3.8) is 0 Å².